The van der Waals surface area contributed by atoms with Crippen LogP contribution in [0.2, 0.25) is 5.02 Å². The molecule has 0 radical (unpaired) electrons. The van der Waals surface area contributed by atoms with Gasteiger partial charge in [0.25, 0.3) is 0 Å². The first-order chi connectivity index (χ1) is 10.0. The molecule has 0 heterocycles. The molecule has 0 bridgehead atoms. The molecule has 0 unspecified atom stereocenters. The molecule has 0 saturated heterocycles. The van der Waals surface area contributed by atoms with Crippen molar-refractivity contribution in [3.05, 3.63) is 64.4 Å². The summed E-state index contributed by atoms with van der Waals surface area (Å²) in [4.78, 5) is 0. The van der Waals surface area contributed by atoms with E-state index in [9.17, 15) is 4.39 Å². The van der Waals surface area contributed by atoms with E-state index < -0.39 is 0 Å². The number of nitrogens with one attached hydrogen (secondary N) is 1. The van der Waals surface area contributed by atoms with Gasteiger partial charge in [0.05, 0.1) is 0 Å². The van der Waals surface area contributed by atoms with Gasteiger partial charge in [0.2, 0.25) is 0 Å². The molecule has 0 atom stereocenters. The third kappa shape index (κ3) is 5.03. The Balaban J connectivity index is 1.93. The van der Waals surface area contributed by atoms with Crippen molar-refractivity contribution in [2.75, 3.05) is 0 Å². The fourth-order valence-electron chi connectivity index (χ4n) is 1.84. The van der Waals surface area contributed by atoms with Crippen LogP contribution in [0, 0.1) is 5.82 Å². The molecular formula is C17H19ClFNO. The largest absolute Gasteiger partial charge is 0.489 e. The van der Waals surface area contributed by atoms with E-state index in [1.54, 1.807) is 0 Å². The van der Waals surface area contributed by atoms with Crippen molar-refractivity contribution in [2.45, 2.75) is 33.0 Å². The molecule has 112 valence electrons. The lowest BCUT2D eigenvalue weighted by atomic mass is 10.2. The average Bonchev–Trinajstić information content (AvgIpc) is 2.47. The minimum atomic E-state index is -0.312. The summed E-state index contributed by atoms with van der Waals surface area (Å²) in [7, 11) is 0. The quantitative estimate of drug-likeness (QED) is 0.845. The highest BCUT2D eigenvalue weighted by Crippen LogP contribution is 2.20. The summed E-state index contributed by atoms with van der Waals surface area (Å²) in [6.45, 7) is 5.30. The number of halogens is 2. The molecule has 0 aliphatic carbocycles. The minimum absolute atomic E-state index is 0.250. The van der Waals surface area contributed by atoms with Crippen molar-refractivity contribution >= 4 is 11.6 Å². The first kappa shape index (κ1) is 15.8. The van der Waals surface area contributed by atoms with Crippen molar-refractivity contribution in [1.82, 2.24) is 5.32 Å². The predicted octanol–water partition coefficient (Wildman–Crippen LogP) is 4.56. The molecule has 4 heteroatoms. The molecule has 2 nitrogen and oxygen atoms in total. The molecule has 2 aromatic carbocycles. The zero-order valence-corrected chi connectivity index (χ0v) is 13.0. The van der Waals surface area contributed by atoms with Crippen LogP contribution < -0.4 is 10.1 Å². The summed E-state index contributed by atoms with van der Waals surface area (Å²) in [5.74, 6) is 0.428. The van der Waals surface area contributed by atoms with E-state index in [4.69, 9.17) is 16.3 Å². The number of hydrogen-bond donors (Lipinski definition) is 1. The molecule has 21 heavy (non-hydrogen) atoms. The number of rotatable bonds is 6. The van der Waals surface area contributed by atoms with E-state index in [0.717, 1.165) is 12.3 Å². The van der Waals surface area contributed by atoms with Gasteiger partial charge in [0, 0.05) is 23.2 Å². The van der Waals surface area contributed by atoms with Crippen molar-refractivity contribution in [2.24, 2.45) is 0 Å². The van der Waals surface area contributed by atoms with Crippen molar-refractivity contribution in [3.8, 4) is 5.75 Å². The topological polar surface area (TPSA) is 21.3 Å². The summed E-state index contributed by atoms with van der Waals surface area (Å²) >= 11 is 6.00. The van der Waals surface area contributed by atoms with Crippen LogP contribution in [-0.2, 0) is 13.2 Å². The molecule has 0 aromatic heterocycles. The summed E-state index contributed by atoms with van der Waals surface area (Å²) in [6.07, 6.45) is 0. The molecule has 1 N–H and O–H groups in total. The van der Waals surface area contributed by atoms with Gasteiger partial charge >= 0.3 is 0 Å². The van der Waals surface area contributed by atoms with Crippen molar-refractivity contribution in [1.29, 1.82) is 0 Å². The molecule has 0 saturated carbocycles. The van der Waals surface area contributed by atoms with Crippen LogP contribution in [0.25, 0.3) is 0 Å². The summed E-state index contributed by atoms with van der Waals surface area (Å²) in [5.41, 5.74) is 1.84. The van der Waals surface area contributed by atoms with E-state index >= 15 is 0 Å². The van der Waals surface area contributed by atoms with Gasteiger partial charge in [-0.3, -0.25) is 0 Å². The Kier molecular flexibility index (Phi) is 5.59. The standard InChI is InChI=1S/C17H19ClFNO/c1-12(2)20-10-13-3-6-16(7-4-13)21-11-14-9-15(19)5-8-17(14)18/h3-9,12,20H,10-11H2,1-2H3. The van der Waals surface area contributed by atoms with Gasteiger partial charge in [-0.15, -0.1) is 0 Å². The number of benzene rings is 2. The SMILES string of the molecule is CC(C)NCc1ccc(OCc2cc(F)ccc2Cl)cc1. The van der Waals surface area contributed by atoms with Gasteiger partial charge in [0.15, 0.2) is 0 Å². The third-order valence-corrected chi connectivity index (χ3v) is 3.41. The van der Waals surface area contributed by atoms with E-state index in [0.29, 0.717) is 16.6 Å². The molecule has 2 rings (SSSR count). The minimum Gasteiger partial charge on any atom is -0.489 e. The fourth-order valence-corrected chi connectivity index (χ4v) is 2.01. The Bertz CT molecular complexity index is 584. The summed E-state index contributed by atoms with van der Waals surface area (Å²) in [6, 6.07) is 12.6. The maximum atomic E-state index is 13.2. The normalized spacial score (nSPS) is 10.9. The second-order valence-electron chi connectivity index (χ2n) is 5.20. The highest BCUT2D eigenvalue weighted by atomic mass is 35.5. The Hall–Kier alpha value is -1.58. The van der Waals surface area contributed by atoms with Gasteiger partial charge in [-0.2, -0.15) is 0 Å². The number of hydrogen-bond acceptors (Lipinski definition) is 2. The average molecular weight is 308 g/mol. The smallest absolute Gasteiger partial charge is 0.123 e. The molecule has 2 aromatic rings. The first-order valence-corrected chi connectivity index (χ1v) is 7.31. The second kappa shape index (κ2) is 7.43. The Morgan fingerprint density at radius 2 is 1.86 bits per heavy atom. The zero-order chi connectivity index (χ0) is 15.2. The molecule has 0 aliphatic heterocycles. The van der Waals surface area contributed by atoms with Crippen LogP contribution in [0.3, 0.4) is 0 Å². The van der Waals surface area contributed by atoms with Crippen LogP contribution in [0.4, 0.5) is 4.39 Å². The van der Waals surface area contributed by atoms with Gasteiger partial charge in [-0.1, -0.05) is 37.6 Å². The monoisotopic (exact) mass is 307 g/mol. The van der Waals surface area contributed by atoms with Gasteiger partial charge < -0.3 is 10.1 Å². The molecule has 0 aliphatic rings. The van der Waals surface area contributed by atoms with E-state index in [1.807, 2.05) is 24.3 Å². The Morgan fingerprint density at radius 1 is 1.14 bits per heavy atom. The van der Waals surface area contributed by atoms with Gasteiger partial charge in [-0.05, 0) is 35.9 Å². The van der Waals surface area contributed by atoms with E-state index in [1.165, 1.54) is 23.8 Å². The van der Waals surface area contributed by atoms with Crippen LogP contribution in [0.1, 0.15) is 25.0 Å². The summed E-state index contributed by atoms with van der Waals surface area (Å²) in [5, 5.41) is 3.86. The maximum Gasteiger partial charge on any atom is 0.123 e. The van der Waals surface area contributed by atoms with Crippen LogP contribution in [0.5, 0.6) is 5.75 Å². The molecule has 0 amide bonds. The molecular weight excluding hydrogens is 289 g/mol. The highest BCUT2D eigenvalue weighted by Gasteiger charge is 2.04. The Morgan fingerprint density at radius 3 is 2.52 bits per heavy atom. The first-order valence-electron chi connectivity index (χ1n) is 6.93. The zero-order valence-electron chi connectivity index (χ0n) is 12.2. The Labute approximate surface area is 129 Å². The lowest BCUT2D eigenvalue weighted by molar-refractivity contribution is 0.305. The third-order valence-electron chi connectivity index (χ3n) is 3.04. The molecule has 0 fully saturated rings. The number of ether oxygens (including phenoxy) is 1. The predicted molar refractivity (Wildman–Crippen MR) is 84.2 cm³/mol. The van der Waals surface area contributed by atoms with Crippen LogP contribution in [-0.4, -0.2) is 6.04 Å². The lowest BCUT2D eigenvalue weighted by Gasteiger charge is -2.10. The fraction of sp³-hybridized carbons (Fsp3) is 0.294. The van der Waals surface area contributed by atoms with Gasteiger partial charge in [-0.25, -0.2) is 4.39 Å². The maximum absolute atomic E-state index is 13.2. The van der Waals surface area contributed by atoms with Crippen LogP contribution >= 0.6 is 11.6 Å². The van der Waals surface area contributed by atoms with Crippen LogP contribution in [0.15, 0.2) is 42.5 Å². The van der Waals surface area contributed by atoms with Gasteiger partial charge in [0.1, 0.15) is 18.2 Å². The van der Waals surface area contributed by atoms with Crippen molar-refractivity contribution in [3.63, 3.8) is 0 Å². The van der Waals surface area contributed by atoms with Crippen molar-refractivity contribution < 1.29 is 9.13 Å². The molecule has 0 spiro atoms. The highest BCUT2D eigenvalue weighted by molar-refractivity contribution is 6.31. The van der Waals surface area contributed by atoms with E-state index in [-0.39, 0.29) is 12.4 Å². The second-order valence-corrected chi connectivity index (χ2v) is 5.61. The van der Waals surface area contributed by atoms with E-state index in [2.05, 4.69) is 19.2 Å². The lowest BCUT2D eigenvalue weighted by Crippen LogP contribution is -2.21. The summed E-state index contributed by atoms with van der Waals surface area (Å²) < 4.78 is 18.8.